The second-order valence-electron chi connectivity index (χ2n) is 4.04. The van der Waals surface area contributed by atoms with Crippen LogP contribution in [0.5, 0.6) is 0 Å². The average molecular weight is 323 g/mol. The van der Waals surface area contributed by atoms with E-state index >= 15 is 0 Å². The molecule has 0 saturated heterocycles. The molecule has 0 saturated carbocycles. The van der Waals surface area contributed by atoms with Crippen LogP contribution in [-0.2, 0) is 4.84 Å². The van der Waals surface area contributed by atoms with E-state index in [1.807, 2.05) is 0 Å². The number of carbonyl (C=O) groups excluding carboxylic acids is 1. The summed E-state index contributed by atoms with van der Waals surface area (Å²) in [4.78, 5) is 34.9. The highest BCUT2D eigenvalue weighted by Crippen LogP contribution is 2.26. The summed E-state index contributed by atoms with van der Waals surface area (Å²) in [5.41, 5.74) is -0.101. The maximum absolute atomic E-state index is 12.0. The normalized spacial score (nSPS) is 10.1. The lowest BCUT2D eigenvalue weighted by atomic mass is 10.2. The molecule has 114 valence electrons. The molecule has 0 aliphatic carbocycles. The first kappa shape index (κ1) is 15.6. The number of benzene rings is 1. The fourth-order valence-electron chi connectivity index (χ4n) is 1.64. The molecule has 0 atom stereocenters. The van der Waals surface area contributed by atoms with Crippen LogP contribution in [0.4, 0.5) is 11.5 Å². The van der Waals surface area contributed by atoms with Gasteiger partial charge in [0, 0.05) is 0 Å². The number of hydrogen-bond acceptors (Lipinski definition) is 7. The second kappa shape index (κ2) is 6.81. The summed E-state index contributed by atoms with van der Waals surface area (Å²) >= 11 is 5.66. The van der Waals surface area contributed by atoms with Crippen molar-refractivity contribution in [1.82, 2.24) is 9.97 Å². The number of rotatable bonds is 5. The summed E-state index contributed by atoms with van der Waals surface area (Å²) < 4.78 is 0. The Morgan fingerprint density at radius 1 is 1.41 bits per heavy atom. The van der Waals surface area contributed by atoms with Crippen LogP contribution in [0, 0.1) is 10.1 Å². The number of aromatic nitrogens is 2. The van der Waals surface area contributed by atoms with Crippen molar-refractivity contribution in [1.29, 1.82) is 0 Å². The predicted molar refractivity (Wildman–Crippen MR) is 78.6 cm³/mol. The maximum atomic E-state index is 12.0. The molecular formula is C13H11ClN4O4. The van der Waals surface area contributed by atoms with Crippen LogP contribution in [-0.4, -0.2) is 27.4 Å². The Hall–Kier alpha value is -2.74. The molecule has 0 N–H and O–H groups in total. The van der Waals surface area contributed by atoms with Crippen molar-refractivity contribution in [2.75, 3.05) is 11.6 Å². The molecule has 0 unspecified atom stereocenters. The highest BCUT2D eigenvalue weighted by molar-refractivity contribution is 6.28. The van der Waals surface area contributed by atoms with Gasteiger partial charge in [0.25, 0.3) is 0 Å². The molecule has 0 spiro atoms. The zero-order chi connectivity index (χ0) is 16.1. The van der Waals surface area contributed by atoms with Crippen molar-refractivity contribution < 1.29 is 14.6 Å². The third-order valence-corrected chi connectivity index (χ3v) is 2.83. The van der Waals surface area contributed by atoms with Crippen molar-refractivity contribution in [3.63, 3.8) is 0 Å². The number of carbonyl (C=O) groups is 1. The summed E-state index contributed by atoms with van der Waals surface area (Å²) in [6.07, 6.45) is 0.962. The first-order chi connectivity index (χ1) is 10.5. The number of halogens is 1. The Bertz CT molecular complexity index is 696. The molecule has 8 nitrogen and oxygen atoms in total. The summed E-state index contributed by atoms with van der Waals surface area (Å²) in [7, 11) is 0. The Morgan fingerprint density at radius 2 is 2.09 bits per heavy atom. The first-order valence-corrected chi connectivity index (χ1v) is 6.62. The van der Waals surface area contributed by atoms with E-state index in [1.165, 1.54) is 0 Å². The van der Waals surface area contributed by atoms with Crippen LogP contribution < -0.4 is 5.06 Å². The van der Waals surface area contributed by atoms with Gasteiger partial charge in [-0.3, -0.25) is 10.1 Å². The molecule has 0 aliphatic rings. The molecular weight excluding hydrogens is 312 g/mol. The van der Waals surface area contributed by atoms with Crippen LogP contribution in [0.25, 0.3) is 0 Å². The average Bonchev–Trinajstić information content (AvgIpc) is 2.52. The van der Waals surface area contributed by atoms with E-state index in [0.717, 1.165) is 11.3 Å². The van der Waals surface area contributed by atoms with Gasteiger partial charge in [0.15, 0.2) is 0 Å². The first-order valence-electron chi connectivity index (χ1n) is 6.24. The lowest BCUT2D eigenvalue weighted by Crippen LogP contribution is -2.28. The molecule has 0 radical (unpaired) electrons. The molecule has 1 heterocycles. The Balaban J connectivity index is 2.31. The Morgan fingerprint density at radius 3 is 2.68 bits per heavy atom. The van der Waals surface area contributed by atoms with Gasteiger partial charge in [0.1, 0.15) is 6.20 Å². The molecule has 9 heteroatoms. The zero-order valence-electron chi connectivity index (χ0n) is 11.5. The van der Waals surface area contributed by atoms with E-state index in [1.54, 1.807) is 37.3 Å². The van der Waals surface area contributed by atoms with Gasteiger partial charge in [-0.1, -0.05) is 18.2 Å². The van der Waals surface area contributed by atoms with Crippen molar-refractivity contribution >= 4 is 29.1 Å². The van der Waals surface area contributed by atoms with E-state index in [9.17, 15) is 14.9 Å². The van der Waals surface area contributed by atoms with Crippen molar-refractivity contribution in [3.05, 3.63) is 57.5 Å². The Kier molecular flexibility index (Phi) is 4.84. The molecule has 1 aromatic heterocycles. The van der Waals surface area contributed by atoms with Crippen molar-refractivity contribution in [3.8, 4) is 0 Å². The maximum Gasteiger partial charge on any atom is 0.363 e. The highest BCUT2D eigenvalue weighted by Gasteiger charge is 2.25. The second-order valence-corrected chi connectivity index (χ2v) is 4.38. The van der Waals surface area contributed by atoms with Gasteiger partial charge in [-0.2, -0.15) is 10.0 Å². The minimum atomic E-state index is -0.676. The lowest BCUT2D eigenvalue weighted by molar-refractivity contribution is -0.384. The lowest BCUT2D eigenvalue weighted by Gasteiger charge is -2.19. The van der Waals surface area contributed by atoms with Gasteiger partial charge in [0.05, 0.1) is 17.0 Å². The topological polar surface area (TPSA) is 98.5 Å². The third-order valence-electron chi connectivity index (χ3n) is 2.64. The SMILES string of the molecule is CCN(OC(=O)c1ccccc1)c1nc(Cl)ncc1[N+](=O)[O-]. The number of hydrogen-bond donors (Lipinski definition) is 0. The van der Waals surface area contributed by atoms with E-state index in [4.69, 9.17) is 16.4 Å². The fourth-order valence-corrected chi connectivity index (χ4v) is 1.77. The number of anilines is 1. The summed E-state index contributed by atoms with van der Waals surface area (Å²) in [6.45, 7) is 1.80. The quantitative estimate of drug-likeness (QED) is 0.474. The molecule has 1 aromatic carbocycles. The van der Waals surface area contributed by atoms with Gasteiger partial charge < -0.3 is 4.84 Å². The minimum absolute atomic E-state index is 0.146. The van der Waals surface area contributed by atoms with Crippen LogP contribution in [0.2, 0.25) is 5.28 Å². The van der Waals surface area contributed by atoms with E-state index in [2.05, 4.69) is 9.97 Å². The van der Waals surface area contributed by atoms with E-state index in [-0.39, 0.29) is 17.6 Å². The minimum Gasteiger partial charge on any atom is -0.334 e. The van der Waals surface area contributed by atoms with Gasteiger partial charge in [0.2, 0.25) is 11.1 Å². The highest BCUT2D eigenvalue weighted by atomic mass is 35.5. The molecule has 0 aliphatic heterocycles. The van der Waals surface area contributed by atoms with Crippen LogP contribution >= 0.6 is 11.6 Å². The molecule has 0 amide bonds. The third kappa shape index (κ3) is 3.47. The van der Waals surface area contributed by atoms with Gasteiger partial charge in [-0.25, -0.2) is 9.78 Å². The number of nitrogens with zero attached hydrogens (tertiary/aromatic N) is 4. The molecule has 0 fully saturated rings. The van der Waals surface area contributed by atoms with E-state index < -0.39 is 16.6 Å². The smallest absolute Gasteiger partial charge is 0.334 e. The molecule has 2 aromatic rings. The van der Waals surface area contributed by atoms with Gasteiger partial charge in [-0.05, 0) is 30.7 Å². The molecule has 0 bridgehead atoms. The van der Waals surface area contributed by atoms with Crippen LogP contribution in [0.3, 0.4) is 0 Å². The predicted octanol–water partition coefficient (Wildman–Crippen LogP) is 2.64. The molecule has 22 heavy (non-hydrogen) atoms. The largest absolute Gasteiger partial charge is 0.363 e. The van der Waals surface area contributed by atoms with Gasteiger partial charge >= 0.3 is 11.7 Å². The zero-order valence-corrected chi connectivity index (χ0v) is 12.2. The van der Waals surface area contributed by atoms with Gasteiger partial charge in [-0.15, -0.1) is 0 Å². The fraction of sp³-hybridized carbons (Fsp3) is 0.154. The van der Waals surface area contributed by atoms with Crippen molar-refractivity contribution in [2.45, 2.75) is 6.92 Å². The standard InChI is InChI=1S/C13H11ClN4O4/c1-2-17(22-12(19)9-6-4-3-5-7-9)11-10(18(20)21)8-15-13(14)16-11/h3-8H,2H2,1H3. The summed E-state index contributed by atoms with van der Waals surface area (Å²) in [5, 5.41) is 11.8. The van der Waals surface area contributed by atoms with Crippen LogP contribution in [0.15, 0.2) is 36.5 Å². The molecule has 2 rings (SSSR count). The van der Waals surface area contributed by atoms with E-state index in [0.29, 0.717) is 5.56 Å². The number of hydroxylamine groups is 1. The summed E-state index contributed by atoms with van der Waals surface area (Å²) in [5.74, 6) is -0.844. The Labute approximate surface area is 130 Å². The number of nitro groups is 1. The van der Waals surface area contributed by atoms with Crippen molar-refractivity contribution in [2.24, 2.45) is 0 Å². The monoisotopic (exact) mass is 322 g/mol. The summed E-state index contributed by atoms with van der Waals surface area (Å²) in [6, 6.07) is 8.24. The van der Waals surface area contributed by atoms with Crippen LogP contribution in [0.1, 0.15) is 17.3 Å².